The number of hydrogen-bond donors (Lipinski definition) is 9. The van der Waals surface area contributed by atoms with Crippen molar-refractivity contribution < 1.29 is 59.0 Å². The Hall–Kier alpha value is -0.960. The molecule has 14 heteroatoms. The molecule has 8 unspecified atom stereocenters. The lowest BCUT2D eigenvalue weighted by Gasteiger charge is -2.41. The van der Waals surface area contributed by atoms with Crippen molar-refractivity contribution in [3.05, 3.63) is 12.2 Å². The monoisotopic (exact) mass is 978 g/mol. The van der Waals surface area contributed by atoms with Gasteiger partial charge in [-0.25, -0.2) is 4.57 Å². The normalized spacial score (nSPS) is 22.2. The first-order chi connectivity index (χ1) is 32.3. The molecule has 1 aliphatic rings. The SMILES string of the molecule is CCCCCCCCCCC/C=C\CCCCCCCC(O)CC(=O)NC(COP(=O)(O)OC1C(O)C(O)C(O)C(O)C1O)C(O)CCCCCCCCCCCCCCCCCCCCC. The van der Waals surface area contributed by atoms with Crippen LogP contribution in [0.4, 0.5) is 0 Å². The van der Waals surface area contributed by atoms with Crippen LogP contribution in [0.3, 0.4) is 0 Å². The third-order valence-corrected chi connectivity index (χ3v) is 14.6. The maximum absolute atomic E-state index is 13.1. The van der Waals surface area contributed by atoms with E-state index in [-0.39, 0.29) is 12.8 Å². The van der Waals surface area contributed by atoms with Crippen LogP contribution in [0.25, 0.3) is 0 Å². The summed E-state index contributed by atoms with van der Waals surface area (Å²) in [6.07, 6.45) is 33.9. The molecule has 1 aliphatic carbocycles. The number of carbonyl (C=O) groups is 1. The van der Waals surface area contributed by atoms with E-state index in [1.807, 2.05) is 0 Å². The maximum Gasteiger partial charge on any atom is 0.472 e. The highest BCUT2D eigenvalue weighted by atomic mass is 31.2. The van der Waals surface area contributed by atoms with Gasteiger partial charge in [0.25, 0.3) is 0 Å². The Balaban J connectivity index is 2.43. The minimum atomic E-state index is -5.12. The Morgan fingerprint density at radius 2 is 0.836 bits per heavy atom. The molecule has 0 saturated heterocycles. The second-order valence-corrected chi connectivity index (χ2v) is 21.4. The molecule has 1 fully saturated rings. The molecular weight excluding hydrogens is 874 g/mol. The Labute approximate surface area is 408 Å². The van der Waals surface area contributed by atoms with Gasteiger partial charge in [0.2, 0.25) is 5.91 Å². The first-order valence-electron chi connectivity index (χ1n) is 27.7. The van der Waals surface area contributed by atoms with E-state index in [4.69, 9.17) is 9.05 Å². The van der Waals surface area contributed by atoms with E-state index in [0.717, 1.165) is 70.6 Å². The lowest BCUT2D eigenvalue weighted by atomic mass is 9.85. The molecule has 0 heterocycles. The van der Waals surface area contributed by atoms with Gasteiger partial charge in [0.1, 0.15) is 36.6 Å². The van der Waals surface area contributed by atoms with Crippen molar-refractivity contribution in [2.75, 3.05) is 6.61 Å². The number of unbranched alkanes of at least 4 members (excludes halogenated alkanes) is 32. The Morgan fingerprint density at radius 3 is 1.22 bits per heavy atom. The summed E-state index contributed by atoms with van der Waals surface area (Å²) in [7, 11) is -5.12. The smallest absolute Gasteiger partial charge is 0.393 e. The second kappa shape index (κ2) is 42.7. The van der Waals surface area contributed by atoms with Crippen LogP contribution in [-0.4, -0.2) is 108 Å². The summed E-state index contributed by atoms with van der Waals surface area (Å²) in [5.74, 6) is -0.561. The molecule has 1 amide bonds. The van der Waals surface area contributed by atoms with Gasteiger partial charge in [0, 0.05) is 0 Å². The molecule has 67 heavy (non-hydrogen) atoms. The molecule has 0 aromatic carbocycles. The molecule has 1 rings (SSSR count). The predicted octanol–water partition coefficient (Wildman–Crippen LogP) is 10.9. The lowest BCUT2D eigenvalue weighted by molar-refractivity contribution is -0.220. The maximum atomic E-state index is 13.1. The Morgan fingerprint density at radius 1 is 0.507 bits per heavy atom. The van der Waals surface area contributed by atoms with Crippen molar-refractivity contribution in [1.82, 2.24) is 5.32 Å². The van der Waals surface area contributed by atoms with Crippen molar-refractivity contribution in [1.29, 1.82) is 0 Å². The molecule has 0 aromatic rings. The average Bonchev–Trinajstić information content (AvgIpc) is 3.30. The first-order valence-corrected chi connectivity index (χ1v) is 29.2. The van der Waals surface area contributed by atoms with Crippen molar-refractivity contribution in [3.8, 4) is 0 Å². The van der Waals surface area contributed by atoms with Crippen LogP contribution in [0.5, 0.6) is 0 Å². The number of nitrogens with one attached hydrogen (secondary N) is 1. The van der Waals surface area contributed by atoms with Gasteiger partial charge in [-0.1, -0.05) is 225 Å². The minimum Gasteiger partial charge on any atom is -0.393 e. The number of allylic oxidation sites excluding steroid dienone is 2. The van der Waals surface area contributed by atoms with Gasteiger partial charge in [-0.05, 0) is 38.5 Å². The fourth-order valence-electron chi connectivity index (χ4n) is 9.13. The number of phosphoric ester groups is 1. The molecule has 398 valence electrons. The number of amides is 1. The van der Waals surface area contributed by atoms with Crippen LogP contribution < -0.4 is 5.32 Å². The molecule has 0 spiro atoms. The topological polar surface area (TPSA) is 226 Å². The van der Waals surface area contributed by atoms with Crippen molar-refractivity contribution in [3.63, 3.8) is 0 Å². The number of aliphatic hydroxyl groups excluding tert-OH is 7. The summed E-state index contributed by atoms with van der Waals surface area (Å²) in [6, 6.07) is -1.15. The standard InChI is InChI=1S/C53H104NO12P/c1-3-5-7-9-11-13-15-17-19-21-23-25-27-29-31-33-35-37-39-41-46(56)45(43-65-67(63,64)66-53-51(61)49(59)48(58)50(60)52(53)62)54-47(57)42-44(55)40-38-36-34-32-30-28-26-24-22-20-18-16-14-12-10-8-6-4-2/h24,26,44-46,48-53,55-56,58-62H,3-23,25,27-43H2,1-2H3,(H,54,57)(H,63,64)/b26-24-. The highest BCUT2D eigenvalue weighted by Gasteiger charge is 2.51. The first kappa shape index (κ1) is 64.1. The lowest BCUT2D eigenvalue weighted by Crippen LogP contribution is -2.64. The number of rotatable bonds is 47. The van der Waals surface area contributed by atoms with Crippen molar-refractivity contribution >= 4 is 13.7 Å². The molecule has 8 atom stereocenters. The van der Waals surface area contributed by atoms with Gasteiger partial charge in [-0.15, -0.1) is 0 Å². The zero-order valence-electron chi connectivity index (χ0n) is 42.6. The fourth-order valence-corrected chi connectivity index (χ4v) is 10.1. The van der Waals surface area contributed by atoms with E-state index in [1.54, 1.807) is 0 Å². The highest BCUT2D eigenvalue weighted by Crippen LogP contribution is 2.47. The van der Waals surface area contributed by atoms with Gasteiger partial charge < -0.3 is 46.0 Å². The summed E-state index contributed by atoms with van der Waals surface area (Å²) in [4.78, 5) is 23.6. The van der Waals surface area contributed by atoms with E-state index in [9.17, 15) is 50.0 Å². The molecule has 1 saturated carbocycles. The molecule has 0 aromatic heterocycles. The highest BCUT2D eigenvalue weighted by molar-refractivity contribution is 7.47. The third-order valence-electron chi connectivity index (χ3n) is 13.6. The summed E-state index contributed by atoms with van der Waals surface area (Å²) in [6.45, 7) is 3.83. The van der Waals surface area contributed by atoms with Crippen LogP contribution in [0.15, 0.2) is 12.2 Å². The molecule has 0 bridgehead atoms. The number of aliphatic hydroxyl groups is 7. The fraction of sp³-hybridized carbons (Fsp3) is 0.943. The predicted molar refractivity (Wildman–Crippen MR) is 271 cm³/mol. The summed E-state index contributed by atoms with van der Waals surface area (Å²) in [5.41, 5.74) is 0. The van der Waals surface area contributed by atoms with E-state index < -0.39 is 75.2 Å². The van der Waals surface area contributed by atoms with Gasteiger partial charge >= 0.3 is 7.82 Å². The van der Waals surface area contributed by atoms with E-state index in [0.29, 0.717) is 12.8 Å². The van der Waals surface area contributed by atoms with Crippen LogP contribution in [0.1, 0.15) is 258 Å². The molecule has 9 N–H and O–H groups in total. The molecule has 13 nitrogen and oxygen atoms in total. The number of hydrogen-bond acceptors (Lipinski definition) is 11. The zero-order valence-corrected chi connectivity index (χ0v) is 43.5. The minimum absolute atomic E-state index is 0.224. The Bertz CT molecular complexity index is 1200. The van der Waals surface area contributed by atoms with Crippen molar-refractivity contribution in [2.24, 2.45) is 0 Å². The Kier molecular flexibility index (Phi) is 40.8. The number of phosphoric acid groups is 1. The molecule has 0 aliphatic heterocycles. The van der Waals surface area contributed by atoms with Crippen LogP contribution in [-0.2, 0) is 18.4 Å². The summed E-state index contributed by atoms with van der Waals surface area (Å²) < 4.78 is 23.0. The zero-order chi connectivity index (χ0) is 49.4. The van der Waals surface area contributed by atoms with E-state index in [2.05, 4.69) is 31.3 Å². The van der Waals surface area contributed by atoms with Crippen molar-refractivity contribution in [2.45, 2.75) is 313 Å². The average molecular weight is 978 g/mol. The van der Waals surface area contributed by atoms with E-state index >= 15 is 0 Å². The van der Waals surface area contributed by atoms with Crippen LogP contribution >= 0.6 is 7.82 Å². The second-order valence-electron chi connectivity index (χ2n) is 20.0. The quantitative estimate of drug-likeness (QED) is 0.0158. The van der Waals surface area contributed by atoms with Crippen LogP contribution in [0, 0.1) is 0 Å². The van der Waals surface area contributed by atoms with Gasteiger partial charge in [-0.3, -0.25) is 13.8 Å². The third kappa shape index (κ3) is 34.1. The summed E-state index contributed by atoms with van der Waals surface area (Å²) >= 11 is 0. The number of carbonyl (C=O) groups excluding carboxylic acids is 1. The van der Waals surface area contributed by atoms with Gasteiger partial charge in [0.05, 0.1) is 31.3 Å². The summed E-state index contributed by atoms with van der Waals surface area (Å²) in [5, 5.41) is 75.0. The molecular formula is C53H104NO12P. The van der Waals surface area contributed by atoms with Gasteiger partial charge in [0.15, 0.2) is 0 Å². The van der Waals surface area contributed by atoms with Gasteiger partial charge in [-0.2, -0.15) is 0 Å². The van der Waals surface area contributed by atoms with E-state index in [1.165, 1.54) is 148 Å². The van der Waals surface area contributed by atoms with Crippen LogP contribution in [0.2, 0.25) is 0 Å². The largest absolute Gasteiger partial charge is 0.472 e. The molecule has 0 radical (unpaired) electrons.